The minimum absolute atomic E-state index is 0.0473. The fourth-order valence-electron chi connectivity index (χ4n) is 8.26. The minimum Gasteiger partial charge on any atom is -0.394 e. The standard InChI is InChI=1S/C35H39N9O2/c1-33(2,21-45)44-20-24(18-39-44)30-27(22-6-7-25-23(16-22)17-38-42(25)4)28-29-26(19-37-31(28)40-30)41(3)32(46)35(29)11-14-43(15-12-35)34(10-13-36)8-5-9-34/h6-7,16-20,45H,5,8-12,14-15,21H2,1-4H3,(H,37,40). The average molecular weight is 618 g/mol. The lowest BCUT2D eigenvalue weighted by Gasteiger charge is -2.53. The van der Waals surface area contributed by atoms with Gasteiger partial charge in [-0.2, -0.15) is 15.5 Å². The molecule has 0 radical (unpaired) electrons. The number of nitrogens with zero attached hydrogens (tertiary/aromatic N) is 8. The highest BCUT2D eigenvalue weighted by Crippen LogP contribution is 2.55. The number of aliphatic hydroxyl groups is 1. The summed E-state index contributed by atoms with van der Waals surface area (Å²) in [5.74, 6) is 0.119. The van der Waals surface area contributed by atoms with Gasteiger partial charge in [0.1, 0.15) is 5.65 Å². The Kier molecular flexibility index (Phi) is 6.27. The van der Waals surface area contributed by atoms with Crippen LogP contribution in [0.15, 0.2) is 43.0 Å². The number of anilines is 1. The molecular weight excluding hydrogens is 578 g/mol. The van der Waals surface area contributed by atoms with Gasteiger partial charge in [0.2, 0.25) is 5.91 Å². The number of aromatic nitrogens is 6. The molecule has 2 fully saturated rings. The first-order valence-corrected chi connectivity index (χ1v) is 16.2. The van der Waals surface area contributed by atoms with E-state index in [4.69, 9.17) is 4.98 Å². The van der Waals surface area contributed by atoms with Crippen LogP contribution < -0.4 is 4.90 Å². The van der Waals surface area contributed by atoms with Crippen LogP contribution in [0.2, 0.25) is 0 Å². The molecule has 1 aliphatic carbocycles. The third kappa shape index (κ3) is 3.89. The SMILES string of the molecule is CN1C(=O)C2(CCN(C3(CC#N)CCC3)CC2)c2c1cnc1[nH]c(-c3cnn(C(C)(C)CO)c3)c(-c3ccc4c(cnn4C)c3)c21. The molecule has 0 atom stereocenters. The van der Waals surface area contributed by atoms with Crippen LogP contribution in [0.3, 0.4) is 0 Å². The summed E-state index contributed by atoms with van der Waals surface area (Å²) in [6.07, 6.45) is 12.7. The molecule has 1 saturated carbocycles. The number of nitrogens with one attached hydrogen (secondary N) is 1. The van der Waals surface area contributed by atoms with Crippen molar-refractivity contribution in [2.45, 2.75) is 68.9 Å². The smallest absolute Gasteiger partial charge is 0.237 e. The number of likely N-dealkylation sites (N-methyl/N-ethyl adjacent to an activating group) is 1. The monoisotopic (exact) mass is 617 g/mol. The second kappa shape index (κ2) is 9.98. The van der Waals surface area contributed by atoms with Gasteiger partial charge >= 0.3 is 0 Å². The van der Waals surface area contributed by atoms with Gasteiger partial charge in [-0.1, -0.05) is 6.07 Å². The predicted molar refractivity (Wildman–Crippen MR) is 176 cm³/mol. The first-order valence-electron chi connectivity index (χ1n) is 16.2. The van der Waals surface area contributed by atoms with E-state index in [1.165, 1.54) is 0 Å². The summed E-state index contributed by atoms with van der Waals surface area (Å²) in [6, 6.07) is 8.81. The average Bonchev–Trinajstić information content (AvgIpc) is 3.81. The summed E-state index contributed by atoms with van der Waals surface area (Å²) < 4.78 is 3.67. The largest absolute Gasteiger partial charge is 0.394 e. The van der Waals surface area contributed by atoms with Gasteiger partial charge in [0.25, 0.3) is 0 Å². The second-order valence-corrected chi connectivity index (χ2v) is 14.1. The maximum atomic E-state index is 14.4. The number of fused-ring (bicyclic) bond motifs is 5. The van der Waals surface area contributed by atoms with Gasteiger partial charge in [-0.15, -0.1) is 0 Å². The van der Waals surface area contributed by atoms with Crippen LogP contribution in [0.25, 0.3) is 44.3 Å². The third-order valence-electron chi connectivity index (χ3n) is 11.2. The van der Waals surface area contributed by atoms with E-state index in [-0.39, 0.29) is 18.1 Å². The molecule has 2 aliphatic heterocycles. The van der Waals surface area contributed by atoms with Gasteiger partial charge in [0.15, 0.2) is 0 Å². The highest BCUT2D eigenvalue weighted by atomic mass is 16.3. The van der Waals surface area contributed by atoms with Crippen molar-refractivity contribution in [3.63, 3.8) is 0 Å². The van der Waals surface area contributed by atoms with E-state index in [0.717, 1.165) is 87.9 Å². The summed E-state index contributed by atoms with van der Waals surface area (Å²) in [6.45, 7) is 5.40. The summed E-state index contributed by atoms with van der Waals surface area (Å²) >= 11 is 0. The van der Waals surface area contributed by atoms with Crippen molar-refractivity contribution < 1.29 is 9.90 Å². The molecule has 8 rings (SSSR count). The Morgan fingerprint density at radius 1 is 1.07 bits per heavy atom. The molecule has 1 aromatic carbocycles. The fraction of sp³-hybridized carbons (Fsp3) is 0.457. The van der Waals surface area contributed by atoms with Crippen molar-refractivity contribution in [2.75, 3.05) is 31.6 Å². The third-order valence-corrected chi connectivity index (χ3v) is 11.2. The quantitative estimate of drug-likeness (QED) is 0.278. The second-order valence-electron chi connectivity index (χ2n) is 14.1. The highest BCUT2D eigenvalue weighted by Gasteiger charge is 2.55. The number of likely N-dealkylation sites (tertiary alicyclic amines) is 1. The van der Waals surface area contributed by atoms with E-state index in [1.807, 2.05) is 57.4 Å². The Morgan fingerprint density at radius 3 is 2.54 bits per heavy atom. The Morgan fingerprint density at radius 2 is 1.85 bits per heavy atom. The lowest BCUT2D eigenvalue weighted by Crippen LogP contribution is -2.59. The van der Waals surface area contributed by atoms with Gasteiger partial charge in [0, 0.05) is 66.4 Å². The van der Waals surface area contributed by atoms with E-state index >= 15 is 0 Å². The normalized spacial score (nSPS) is 19.2. The topological polar surface area (TPSA) is 132 Å². The molecular formula is C35H39N9O2. The lowest BCUT2D eigenvalue weighted by atomic mass is 9.68. The van der Waals surface area contributed by atoms with E-state index in [9.17, 15) is 15.2 Å². The molecule has 236 valence electrons. The van der Waals surface area contributed by atoms with E-state index in [0.29, 0.717) is 19.3 Å². The molecule has 2 N–H and O–H groups in total. The Hall–Kier alpha value is -4.53. The summed E-state index contributed by atoms with van der Waals surface area (Å²) in [5, 5.41) is 30.8. The van der Waals surface area contributed by atoms with Crippen LogP contribution in [0.4, 0.5) is 5.69 Å². The molecule has 5 aromatic rings. The lowest BCUT2D eigenvalue weighted by molar-refractivity contribution is -0.126. The molecule has 0 unspecified atom stereocenters. The summed E-state index contributed by atoms with van der Waals surface area (Å²) in [4.78, 5) is 27.2. The Balaban J connectivity index is 1.34. The van der Waals surface area contributed by atoms with E-state index in [2.05, 4.69) is 44.3 Å². The predicted octanol–water partition coefficient (Wildman–Crippen LogP) is 4.85. The molecule has 6 heterocycles. The zero-order chi connectivity index (χ0) is 32.0. The number of carbonyl (C=O) groups excluding carboxylic acids is 1. The number of pyridine rings is 1. The fourth-order valence-corrected chi connectivity index (χ4v) is 8.26. The maximum Gasteiger partial charge on any atom is 0.237 e. The van der Waals surface area contributed by atoms with Gasteiger partial charge in [-0.05, 0) is 63.6 Å². The number of hydrogen-bond acceptors (Lipinski definition) is 7. The maximum absolute atomic E-state index is 14.4. The van der Waals surface area contributed by atoms with Crippen molar-refractivity contribution in [1.82, 2.24) is 34.4 Å². The van der Waals surface area contributed by atoms with Crippen molar-refractivity contribution in [3.8, 4) is 28.5 Å². The molecule has 11 nitrogen and oxygen atoms in total. The molecule has 46 heavy (non-hydrogen) atoms. The van der Waals surface area contributed by atoms with Crippen molar-refractivity contribution in [1.29, 1.82) is 5.26 Å². The first-order chi connectivity index (χ1) is 22.1. The first kappa shape index (κ1) is 28.9. The van der Waals surface area contributed by atoms with Crippen LogP contribution in [-0.4, -0.2) is 77.7 Å². The van der Waals surface area contributed by atoms with Crippen molar-refractivity contribution >= 4 is 33.5 Å². The molecule has 11 heteroatoms. The van der Waals surface area contributed by atoms with Gasteiger partial charge < -0.3 is 15.0 Å². The molecule has 1 spiro atoms. The number of H-pyrrole nitrogens is 1. The van der Waals surface area contributed by atoms with Crippen LogP contribution in [-0.2, 0) is 22.8 Å². The molecule has 3 aliphatic rings. The molecule has 1 saturated heterocycles. The summed E-state index contributed by atoms with van der Waals surface area (Å²) in [5.41, 5.74) is 6.08. The van der Waals surface area contributed by atoms with Crippen LogP contribution in [0, 0.1) is 11.3 Å². The minimum atomic E-state index is -0.685. The number of aromatic amines is 1. The van der Waals surface area contributed by atoms with E-state index in [1.54, 1.807) is 9.58 Å². The Labute approximate surface area is 267 Å². The van der Waals surface area contributed by atoms with E-state index < -0.39 is 11.0 Å². The van der Waals surface area contributed by atoms with Crippen LogP contribution in [0.5, 0.6) is 0 Å². The number of benzene rings is 1. The number of aryl methyl sites for hydroxylation is 1. The number of aliphatic hydroxyl groups excluding tert-OH is 1. The summed E-state index contributed by atoms with van der Waals surface area (Å²) in [7, 11) is 3.81. The Bertz CT molecular complexity index is 2060. The van der Waals surface area contributed by atoms with Crippen molar-refractivity contribution in [3.05, 3.63) is 48.5 Å². The molecule has 4 aromatic heterocycles. The number of piperidine rings is 1. The number of hydrogen-bond donors (Lipinski definition) is 2. The van der Waals surface area contributed by atoms with Gasteiger partial charge in [-0.3, -0.25) is 19.1 Å². The van der Waals surface area contributed by atoms with Gasteiger partial charge in [0.05, 0.1) is 65.5 Å². The zero-order valence-corrected chi connectivity index (χ0v) is 26.8. The number of amides is 1. The number of nitriles is 1. The van der Waals surface area contributed by atoms with Crippen molar-refractivity contribution in [2.24, 2.45) is 7.05 Å². The number of rotatable bonds is 6. The van der Waals surface area contributed by atoms with Gasteiger partial charge in [-0.25, -0.2) is 4.98 Å². The van der Waals surface area contributed by atoms with Crippen LogP contribution >= 0.6 is 0 Å². The number of carbonyl (C=O) groups is 1. The highest BCUT2D eigenvalue weighted by molar-refractivity contribution is 6.16. The molecule has 0 bridgehead atoms. The molecule has 1 amide bonds. The zero-order valence-electron chi connectivity index (χ0n) is 26.8. The van der Waals surface area contributed by atoms with Crippen LogP contribution in [0.1, 0.15) is 57.9 Å².